The van der Waals surface area contributed by atoms with E-state index in [4.69, 9.17) is 0 Å². The van der Waals surface area contributed by atoms with Gasteiger partial charge in [0.25, 0.3) is 0 Å². The first-order valence-corrected chi connectivity index (χ1v) is 9.40. The van der Waals surface area contributed by atoms with E-state index in [1.807, 2.05) is 22.4 Å². The first-order chi connectivity index (χ1) is 12.4. The van der Waals surface area contributed by atoms with Gasteiger partial charge in [-0.1, -0.05) is 6.07 Å². The Kier molecular flexibility index (Phi) is 5.80. The first-order valence-electron chi connectivity index (χ1n) is 8.52. The number of amides is 1. The lowest BCUT2D eigenvalue weighted by molar-refractivity contribution is -0.137. The molecular weight excluding hydrogens is 363 g/mol. The van der Waals surface area contributed by atoms with Gasteiger partial charge in [-0.15, -0.1) is 11.3 Å². The Labute approximate surface area is 154 Å². The Bertz CT molecular complexity index is 708. The number of hydrogen-bond acceptors (Lipinski definition) is 4. The number of nitrogens with one attached hydrogen (secondary N) is 1. The van der Waals surface area contributed by atoms with E-state index in [2.05, 4.69) is 10.3 Å². The summed E-state index contributed by atoms with van der Waals surface area (Å²) in [7, 11) is 0. The molecule has 0 unspecified atom stereocenters. The Hall–Kier alpha value is -2.09. The number of aromatic nitrogens is 1. The summed E-state index contributed by atoms with van der Waals surface area (Å²) in [5, 5.41) is 4.99. The number of anilines is 1. The van der Waals surface area contributed by atoms with Crippen molar-refractivity contribution in [2.75, 3.05) is 24.5 Å². The lowest BCUT2D eigenvalue weighted by Gasteiger charge is -2.32. The van der Waals surface area contributed by atoms with Gasteiger partial charge in [0.15, 0.2) is 0 Å². The fourth-order valence-corrected chi connectivity index (χ4v) is 3.73. The van der Waals surface area contributed by atoms with E-state index in [1.54, 1.807) is 11.3 Å². The van der Waals surface area contributed by atoms with Crippen LogP contribution in [0.1, 0.15) is 23.3 Å². The fourth-order valence-electron chi connectivity index (χ4n) is 3.02. The van der Waals surface area contributed by atoms with Gasteiger partial charge in [0, 0.05) is 36.6 Å². The number of carbonyl (C=O) groups is 1. The predicted molar refractivity (Wildman–Crippen MR) is 95.2 cm³/mol. The van der Waals surface area contributed by atoms with Crippen molar-refractivity contribution in [3.63, 3.8) is 0 Å². The molecule has 8 heteroatoms. The summed E-state index contributed by atoms with van der Waals surface area (Å²) < 4.78 is 37.8. The van der Waals surface area contributed by atoms with Crippen molar-refractivity contribution in [2.45, 2.75) is 25.4 Å². The number of pyridine rings is 1. The average molecular weight is 383 g/mol. The number of nitrogens with zero attached hydrogens (tertiary/aromatic N) is 2. The summed E-state index contributed by atoms with van der Waals surface area (Å²) in [4.78, 5) is 19.4. The van der Waals surface area contributed by atoms with E-state index >= 15 is 0 Å². The molecule has 2 aromatic heterocycles. The minimum absolute atomic E-state index is 0.0518. The topological polar surface area (TPSA) is 45.2 Å². The highest BCUT2D eigenvalue weighted by atomic mass is 32.1. The molecule has 3 rings (SSSR count). The zero-order chi connectivity index (χ0) is 18.6. The second-order valence-electron chi connectivity index (χ2n) is 6.28. The quantitative estimate of drug-likeness (QED) is 0.856. The third kappa shape index (κ3) is 4.75. The first kappa shape index (κ1) is 18.7. The van der Waals surface area contributed by atoms with Crippen LogP contribution >= 0.6 is 11.3 Å². The minimum Gasteiger partial charge on any atom is -0.357 e. The van der Waals surface area contributed by atoms with Crippen LogP contribution in [0.25, 0.3) is 0 Å². The van der Waals surface area contributed by atoms with Gasteiger partial charge in [0.1, 0.15) is 5.82 Å². The van der Waals surface area contributed by atoms with Crippen LogP contribution in [0.2, 0.25) is 0 Å². The summed E-state index contributed by atoms with van der Waals surface area (Å²) in [5.74, 6) is 0.528. The normalized spacial score (nSPS) is 15.9. The second kappa shape index (κ2) is 8.07. The van der Waals surface area contributed by atoms with Crippen molar-refractivity contribution < 1.29 is 18.0 Å². The van der Waals surface area contributed by atoms with Gasteiger partial charge in [-0.2, -0.15) is 13.2 Å². The van der Waals surface area contributed by atoms with Crippen LogP contribution in [0, 0.1) is 5.92 Å². The molecule has 0 bridgehead atoms. The van der Waals surface area contributed by atoms with Crippen LogP contribution in [0.15, 0.2) is 35.8 Å². The zero-order valence-electron chi connectivity index (χ0n) is 14.1. The molecule has 26 heavy (non-hydrogen) atoms. The SMILES string of the molecule is O=C(NCCc1cccs1)C1CCN(c2ccc(C(F)(F)F)cn2)CC1. The van der Waals surface area contributed by atoms with Crippen LogP contribution in [-0.4, -0.2) is 30.5 Å². The minimum atomic E-state index is -4.38. The summed E-state index contributed by atoms with van der Waals surface area (Å²) in [5.41, 5.74) is -0.749. The van der Waals surface area contributed by atoms with Gasteiger partial charge >= 0.3 is 6.18 Å². The number of rotatable bonds is 5. The third-order valence-electron chi connectivity index (χ3n) is 4.52. The maximum Gasteiger partial charge on any atom is 0.417 e. The standard InChI is InChI=1S/C18H20F3N3OS/c19-18(20,21)14-3-4-16(23-12-14)24-9-6-13(7-10-24)17(25)22-8-5-15-2-1-11-26-15/h1-4,11-13H,5-10H2,(H,22,25). The van der Waals surface area contributed by atoms with Crippen molar-refractivity contribution in [3.05, 3.63) is 46.3 Å². The van der Waals surface area contributed by atoms with Crippen LogP contribution in [0.3, 0.4) is 0 Å². The molecule has 1 N–H and O–H groups in total. The molecule has 0 aromatic carbocycles. The van der Waals surface area contributed by atoms with Crippen molar-refractivity contribution in [1.82, 2.24) is 10.3 Å². The number of carbonyl (C=O) groups excluding carboxylic acids is 1. The molecule has 0 aliphatic carbocycles. The summed E-state index contributed by atoms with van der Waals surface area (Å²) in [6.07, 6.45) is -1.34. The molecule has 1 fully saturated rings. The molecule has 3 heterocycles. The van der Waals surface area contributed by atoms with Crippen LogP contribution in [0.5, 0.6) is 0 Å². The summed E-state index contributed by atoms with van der Waals surface area (Å²) in [6, 6.07) is 6.48. The van der Waals surface area contributed by atoms with Crippen molar-refractivity contribution in [3.8, 4) is 0 Å². The maximum absolute atomic E-state index is 12.6. The largest absolute Gasteiger partial charge is 0.417 e. The van der Waals surface area contributed by atoms with Crippen LogP contribution < -0.4 is 10.2 Å². The molecule has 2 aromatic rings. The smallest absolute Gasteiger partial charge is 0.357 e. The fraction of sp³-hybridized carbons (Fsp3) is 0.444. The Morgan fingerprint density at radius 3 is 2.62 bits per heavy atom. The van der Waals surface area contributed by atoms with Gasteiger partial charge in [0.2, 0.25) is 5.91 Å². The molecule has 0 spiro atoms. The summed E-state index contributed by atoms with van der Waals surface area (Å²) in [6.45, 7) is 1.85. The van der Waals surface area contributed by atoms with Gasteiger partial charge in [0.05, 0.1) is 5.56 Å². The molecular formula is C18H20F3N3OS. The predicted octanol–water partition coefficient (Wildman–Crippen LogP) is 3.74. The van der Waals surface area contributed by atoms with Gasteiger partial charge < -0.3 is 10.2 Å². The monoisotopic (exact) mass is 383 g/mol. The molecule has 4 nitrogen and oxygen atoms in total. The number of hydrogen-bond donors (Lipinski definition) is 1. The molecule has 0 radical (unpaired) electrons. The Morgan fingerprint density at radius 1 is 1.27 bits per heavy atom. The molecule has 1 aliphatic rings. The van der Waals surface area contributed by atoms with Crippen molar-refractivity contribution in [1.29, 1.82) is 0 Å². The highest BCUT2D eigenvalue weighted by Crippen LogP contribution is 2.30. The van der Waals surface area contributed by atoms with Crippen molar-refractivity contribution >= 4 is 23.1 Å². The molecule has 140 valence electrons. The Morgan fingerprint density at radius 2 is 2.04 bits per heavy atom. The highest BCUT2D eigenvalue weighted by molar-refractivity contribution is 7.09. The number of piperidine rings is 1. The third-order valence-corrected chi connectivity index (χ3v) is 5.45. The van der Waals surface area contributed by atoms with Gasteiger partial charge in [-0.05, 0) is 42.8 Å². The maximum atomic E-state index is 12.6. The molecule has 1 saturated heterocycles. The lowest BCUT2D eigenvalue weighted by Crippen LogP contribution is -2.41. The van der Waals surface area contributed by atoms with E-state index in [-0.39, 0.29) is 11.8 Å². The second-order valence-corrected chi connectivity index (χ2v) is 7.32. The van der Waals surface area contributed by atoms with E-state index in [0.29, 0.717) is 38.3 Å². The molecule has 1 aliphatic heterocycles. The number of halogens is 3. The zero-order valence-corrected chi connectivity index (χ0v) is 14.9. The van der Waals surface area contributed by atoms with E-state index < -0.39 is 11.7 Å². The molecule has 0 atom stereocenters. The van der Waals surface area contributed by atoms with E-state index in [1.165, 1.54) is 10.9 Å². The van der Waals surface area contributed by atoms with E-state index in [9.17, 15) is 18.0 Å². The van der Waals surface area contributed by atoms with E-state index in [0.717, 1.165) is 18.7 Å². The number of thiophene rings is 1. The van der Waals surface area contributed by atoms with Gasteiger partial charge in [-0.25, -0.2) is 4.98 Å². The Balaban J connectivity index is 1.45. The summed E-state index contributed by atoms with van der Waals surface area (Å²) >= 11 is 1.68. The van der Waals surface area contributed by atoms with Crippen LogP contribution in [-0.2, 0) is 17.4 Å². The average Bonchev–Trinajstić information content (AvgIpc) is 3.15. The van der Waals surface area contributed by atoms with Crippen molar-refractivity contribution in [2.24, 2.45) is 5.92 Å². The molecule has 1 amide bonds. The van der Waals surface area contributed by atoms with Crippen LogP contribution in [0.4, 0.5) is 19.0 Å². The lowest BCUT2D eigenvalue weighted by atomic mass is 9.96. The molecule has 0 saturated carbocycles. The highest BCUT2D eigenvalue weighted by Gasteiger charge is 2.31. The van der Waals surface area contributed by atoms with Gasteiger partial charge in [-0.3, -0.25) is 4.79 Å². The number of alkyl halides is 3.